The van der Waals surface area contributed by atoms with Crippen molar-refractivity contribution >= 4 is 44.9 Å². The molecule has 0 spiro atoms. The van der Waals surface area contributed by atoms with Crippen LogP contribution >= 0.6 is 36.9 Å². The maximum absolute atomic E-state index is 5.67. The van der Waals surface area contributed by atoms with Crippen molar-refractivity contribution in [2.45, 2.75) is 22.8 Å². The molecule has 0 heterocycles. The van der Waals surface area contributed by atoms with Gasteiger partial charge >= 0.3 is 0 Å². The van der Waals surface area contributed by atoms with Crippen molar-refractivity contribution in [1.82, 2.24) is 0 Å². The van der Waals surface area contributed by atoms with Crippen LogP contribution in [0.25, 0.3) is 0 Å². The third-order valence-electron chi connectivity index (χ3n) is 1.01. The summed E-state index contributed by atoms with van der Waals surface area (Å²) in [5.74, 6) is 0. The van der Waals surface area contributed by atoms with Gasteiger partial charge in [-0.2, -0.15) is 0 Å². The zero-order valence-corrected chi connectivity index (χ0v) is 8.13. The van der Waals surface area contributed by atoms with Crippen LogP contribution in [0.15, 0.2) is 0 Å². The van der Waals surface area contributed by atoms with E-state index in [1.807, 2.05) is 0 Å². The molecule has 0 fully saturated rings. The second-order valence-electron chi connectivity index (χ2n) is 2.05. The average Bonchev–Trinajstić information content (AvgIpc) is 1.78. The average molecular weight is 197 g/mol. The molecule has 0 N–H and O–H groups in total. The molecule has 0 bridgehead atoms. The highest BCUT2D eigenvalue weighted by Gasteiger charge is 2.13. The molecular weight excluding hydrogens is 186 g/mol. The molecule has 0 unspecified atom stereocenters. The van der Waals surface area contributed by atoms with Gasteiger partial charge in [0.2, 0.25) is 0 Å². The lowest BCUT2D eigenvalue weighted by atomic mass is 10.2. The van der Waals surface area contributed by atoms with Gasteiger partial charge in [0, 0.05) is 6.61 Å². The summed E-state index contributed by atoms with van der Waals surface area (Å²) in [6.07, 6.45) is 2.56. The number of hydrogen-bond acceptors (Lipinski definition) is 3. The highest BCUT2D eigenvalue weighted by molar-refractivity contribution is 8.02. The van der Waals surface area contributed by atoms with E-state index in [0.717, 1.165) is 19.3 Å². The normalized spacial score (nSPS) is 11.9. The van der Waals surface area contributed by atoms with Gasteiger partial charge in [-0.25, -0.2) is 0 Å². The number of unbranched alkanes of at least 4 members (excludes halogenated alkanes) is 1. The van der Waals surface area contributed by atoms with Gasteiger partial charge in [-0.3, -0.25) is 0 Å². The van der Waals surface area contributed by atoms with Crippen molar-refractivity contribution in [1.29, 1.82) is 0 Å². The Labute approximate surface area is 79.1 Å². The summed E-state index contributed by atoms with van der Waals surface area (Å²) in [5.41, 5.74) is 0. The monoisotopic (exact) mass is 196 g/mol. The van der Waals surface area contributed by atoms with Crippen LogP contribution in [-0.4, -0.2) is 18.2 Å². The highest BCUT2D eigenvalue weighted by Crippen LogP contribution is 2.30. The minimum Gasteiger partial charge on any atom is -0.448 e. The Morgan fingerprint density at radius 3 is 2.40 bits per heavy atom. The number of thiol groups is 2. The molecule has 0 aliphatic heterocycles. The first kappa shape index (κ1) is 11.0. The van der Waals surface area contributed by atoms with E-state index in [0.29, 0.717) is 6.61 Å². The van der Waals surface area contributed by atoms with E-state index >= 15 is 0 Å². The molecule has 0 aromatic carbocycles. The second-order valence-corrected chi connectivity index (χ2v) is 5.10. The lowest BCUT2D eigenvalue weighted by Gasteiger charge is -2.12. The van der Waals surface area contributed by atoms with E-state index in [9.17, 15) is 0 Å². The van der Waals surface area contributed by atoms with Crippen molar-refractivity contribution in [2.24, 2.45) is 0 Å². The Bertz CT molecular complexity index is 86.2. The molecule has 0 aromatic rings. The van der Waals surface area contributed by atoms with Crippen LogP contribution in [0.5, 0.6) is 0 Å². The SMILES string of the molecule is [B]OCCCCC(S)(S)Cl. The van der Waals surface area contributed by atoms with Crippen molar-refractivity contribution in [3.8, 4) is 0 Å². The van der Waals surface area contributed by atoms with Crippen LogP contribution < -0.4 is 0 Å². The Kier molecular flexibility index (Phi) is 6.21. The van der Waals surface area contributed by atoms with Gasteiger partial charge in [0.1, 0.15) is 3.54 Å². The fourth-order valence-electron chi connectivity index (χ4n) is 0.535. The Balaban J connectivity index is 3.04. The molecule has 0 rings (SSSR count). The van der Waals surface area contributed by atoms with Gasteiger partial charge in [0.15, 0.2) is 0 Å². The quantitative estimate of drug-likeness (QED) is 0.225. The molecule has 1 nitrogen and oxygen atoms in total. The fraction of sp³-hybridized carbons (Fsp3) is 1.00. The largest absolute Gasteiger partial charge is 0.448 e. The summed E-state index contributed by atoms with van der Waals surface area (Å²) in [4.78, 5) is 0. The first-order valence-electron chi connectivity index (χ1n) is 3.01. The zero-order chi connectivity index (χ0) is 8.04. The Morgan fingerprint density at radius 1 is 1.40 bits per heavy atom. The first-order chi connectivity index (χ1) is 4.56. The summed E-state index contributed by atoms with van der Waals surface area (Å²) < 4.78 is 3.68. The predicted molar refractivity (Wildman–Crippen MR) is 52.1 cm³/mol. The topological polar surface area (TPSA) is 9.23 Å². The minimum atomic E-state index is -0.686. The van der Waals surface area contributed by atoms with Gasteiger partial charge < -0.3 is 4.65 Å². The minimum absolute atomic E-state index is 0.564. The lowest BCUT2D eigenvalue weighted by Crippen LogP contribution is -2.02. The summed E-state index contributed by atoms with van der Waals surface area (Å²) in [6, 6.07) is 0. The van der Waals surface area contributed by atoms with Crippen molar-refractivity contribution < 1.29 is 4.65 Å². The molecule has 0 saturated carbocycles. The number of alkyl halides is 1. The van der Waals surface area contributed by atoms with Crippen LogP contribution in [0.3, 0.4) is 0 Å². The van der Waals surface area contributed by atoms with Crippen LogP contribution in [0.2, 0.25) is 0 Å². The summed E-state index contributed by atoms with van der Waals surface area (Å²) in [6.45, 7) is 0.564. The molecule has 0 saturated heterocycles. The smallest absolute Gasteiger partial charge is 0.282 e. The van der Waals surface area contributed by atoms with E-state index in [2.05, 4.69) is 29.9 Å². The fourth-order valence-corrected chi connectivity index (χ4v) is 0.985. The molecule has 0 atom stereocenters. The molecule has 0 aromatic heterocycles. The number of halogens is 1. The Hall–Kier alpha value is 1.01. The van der Waals surface area contributed by atoms with E-state index in [-0.39, 0.29) is 0 Å². The summed E-state index contributed by atoms with van der Waals surface area (Å²) in [5, 5.41) is 0. The second kappa shape index (κ2) is 5.64. The third kappa shape index (κ3) is 9.01. The van der Waals surface area contributed by atoms with Crippen molar-refractivity contribution in [3.05, 3.63) is 0 Å². The van der Waals surface area contributed by atoms with Gasteiger partial charge in [0.05, 0.1) is 0 Å². The molecule has 0 amide bonds. The van der Waals surface area contributed by atoms with Crippen LogP contribution in [0.4, 0.5) is 0 Å². The molecule has 2 radical (unpaired) electrons. The standard InChI is InChI=1S/C5H10BClOS2/c6-8-4-2-1-3-5(7,9)10/h9-10H,1-4H2. The molecule has 0 aliphatic carbocycles. The van der Waals surface area contributed by atoms with E-state index < -0.39 is 3.54 Å². The molecule has 58 valence electrons. The molecular formula is C5H10BClOS2. The molecule has 10 heavy (non-hydrogen) atoms. The Morgan fingerprint density at radius 2 is 2.00 bits per heavy atom. The zero-order valence-electron chi connectivity index (χ0n) is 5.59. The number of hydrogen-bond donors (Lipinski definition) is 2. The van der Waals surface area contributed by atoms with E-state index in [1.54, 1.807) is 0 Å². The van der Waals surface area contributed by atoms with Gasteiger partial charge in [-0.15, -0.1) is 25.3 Å². The van der Waals surface area contributed by atoms with Crippen molar-refractivity contribution in [3.63, 3.8) is 0 Å². The summed E-state index contributed by atoms with van der Waals surface area (Å²) in [7, 11) is 4.81. The van der Waals surface area contributed by atoms with Crippen LogP contribution in [0.1, 0.15) is 19.3 Å². The lowest BCUT2D eigenvalue weighted by molar-refractivity contribution is 0.335. The number of rotatable bonds is 5. The first-order valence-corrected chi connectivity index (χ1v) is 4.29. The summed E-state index contributed by atoms with van der Waals surface area (Å²) >= 11 is 13.7. The maximum Gasteiger partial charge on any atom is 0.282 e. The van der Waals surface area contributed by atoms with Gasteiger partial charge in [0.25, 0.3) is 8.05 Å². The highest BCUT2D eigenvalue weighted by atomic mass is 35.5. The van der Waals surface area contributed by atoms with Gasteiger partial charge in [-0.1, -0.05) is 11.6 Å². The van der Waals surface area contributed by atoms with Crippen molar-refractivity contribution in [2.75, 3.05) is 6.61 Å². The van der Waals surface area contributed by atoms with Crippen LogP contribution in [-0.2, 0) is 4.65 Å². The van der Waals surface area contributed by atoms with E-state index in [4.69, 9.17) is 19.7 Å². The molecule has 0 aliphatic rings. The predicted octanol–water partition coefficient (Wildman–Crippen LogP) is 2.01. The van der Waals surface area contributed by atoms with E-state index in [1.165, 1.54) is 0 Å². The maximum atomic E-state index is 5.67. The third-order valence-corrected chi connectivity index (χ3v) is 1.64. The molecule has 5 heteroatoms. The van der Waals surface area contributed by atoms with Crippen LogP contribution in [0, 0.1) is 0 Å². The van der Waals surface area contributed by atoms with Gasteiger partial charge in [-0.05, 0) is 19.3 Å².